The van der Waals surface area contributed by atoms with E-state index in [1.54, 1.807) is 0 Å². The van der Waals surface area contributed by atoms with Crippen molar-refractivity contribution in [3.8, 4) is 0 Å². The summed E-state index contributed by atoms with van der Waals surface area (Å²) in [5, 5.41) is 15.2. The van der Waals surface area contributed by atoms with Gasteiger partial charge < -0.3 is 15.7 Å². The van der Waals surface area contributed by atoms with Crippen LogP contribution in [-0.2, 0) is 11.2 Å². The SMILES string of the molecule is CCC(CCO)CNC(=O)[C@@H]1Cc2ccccc2N1. The van der Waals surface area contributed by atoms with Crippen LogP contribution in [0.15, 0.2) is 24.3 Å². The molecule has 1 aromatic rings. The van der Waals surface area contributed by atoms with Crippen LogP contribution in [0.5, 0.6) is 0 Å². The fourth-order valence-electron chi connectivity index (χ4n) is 2.46. The molecule has 0 aromatic heterocycles. The molecule has 0 spiro atoms. The number of hydrogen-bond donors (Lipinski definition) is 3. The highest BCUT2D eigenvalue weighted by molar-refractivity contribution is 5.87. The normalized spacial score (nSPS) is 18.5. The number of amides is 1. The average Bonchev–Trinajstić information content (AvgIpc) is 2.87. The summed E-state index contributed by atoms with van der Waals surface area (Å²) in [6.45, 7) is 2.90. The van der Waals surface area contributed by atoms with Crippen LogP contribution < -0.4 is 10.6 Å². The van der Waals surface area contributed by atoms with Gasteiger partial charge in [-0.05, 0) is 24.0 Å². The molecule has 2 atom stereocenters. The number of aliphatic hydroxyl groups is 1. The van der Waals surface area contributed by atoms with Crippen molar-refractivity contribution in [3.05, 3.63) is 29.8 Å². The Morgan fingerprint density at radius 3 is 3.00 bits per heavy atom. The smallest absolute Gasteiger partial charge is 0.242 e. The zero-order valence-corrected chi connectivity index (χ0v) is 11.4. The zero-order chi connectivity index (χ0) is 13.7. The van der Waals surface area contributed by atoms with Gasteiger partial charge in [-0.1, -0.05) is 31.5 Å². The van der Waals surface area contributed by atoms with Gasteiger partial charge in [-0.25, -0.2) is 0 Å². The predicted octanol–water partition coefficient (Wildman–Crippen LogP) is 1.55. The molecule has 0 saturated heterocycles. The molecule has 0 bridgehead atoms. The van der Waals surface area contributed by atoms with E-state index >= 15 is 0 Å². The van der Waals surface area contributed by atoms with E-state index < -0.39 is 0 Å². The molecule has 104 valence electrons. The number of fused-ring (bicyclic) bond motifs is 1. The number of benzene rings is 1. The van der Waals surface area contributed by atoms with E-state index in [2.05, 4.69) is 23.6 Å². The number of anilines is 1. The Bertz CT molecular complexity index is 409. The molecule has 1 aliphatic heterocycles. The highest BCUT2D eigenvalue weighted by Gasteiger charge is 2.26. The van der Waals surface area contributed by atoms with Gasteiger partial charge in [0.2, 0.25) is 5.91 Å². The zero-order valence-electron chi connectivity index (χ0n) is 11.4. The van der Waals surface area contributed by atoms with Crippen LogP contribution in [0, 0.1) is 5.92 Å². The van der Waals surface area contributed by atoms with Crippen LogP contribution in [0.4, 0.5) is 5.69 Å². The third-order valence-electron chi connectivity index (χ3n) is 3.77. The second-order valence-corrected chi connectivity index (χ2v) is 5.09. The van der Waals surface area contributed by atoms with Gasteiger partial charge in [-0.15, -0.1) is 0 Å². The minimum absolute atomic E-state index is 0.0487. The molecule has 1 heterocycles. The largest absolute Gasteiger partial charge is 0.396 e. The van der Waals surface area contributed by atoms with Crippen LogP contribution in [-0.4, -0.2) is 30.2 Å². The van der Waals surface area contributed by atoms with Crippen LogP contribution in [0.1, 0.15) is 25.3 Å². The van der Waals surface area contributed by atoms with Crippen LogP contribution in [0.3, 0.4) is 0 Å². The first kappa shape index (κ1) is 13.9. The molecule has 1 aromatic carbocycles. The van der Waals surface area contributed by atoms with Crippen LogP contribution in [0.25, 0.3) is 0 Å². The molecular formula is C15H22N2O2. The van der Waals surface area contributed by atoms with Gasteiger partial charge in [0.05, 0.1) is 0 Å². The lowest BCUT2D eigenvalue weighted by Gasteiger charge is -2.17. The van der Waals surface area contributed by atoms with Gasteiger partial charge in [0.1, 0.15) is 6.04 Å². The summed E-state index contributed by atoms with van der Waals surface area (Å²) in [6.07, 6.45) is 2.47. The van der Waals surface area contributed by atoms with E-state index in [9.17, 15) is 4.79 Å². The van der Waals surface area contributed by atoms with Crippen molar-refractivity contribution < 1.29 is 9.90 Å². The Balaban J connectivity index is 1.83. The Hall–Kier alpha value is -1.55. The van der Waals surface area contributed by atoms with Crippen molar-refractivity contribution in [3.63, 3.8) is 0 Å². The standard InChI is InChI=1S/C15H22N2O2/c1-2-11(7-8-18)10-16-15(19)14-9-12-5-3-4-6-13(12)17-14/h3-6,11,14,17-18H,2,7-10H2,1H3,(H,16,19)/t11?,14-/m0/s1. The van der Waals surface area contributed by atoms with E-state index in [1.807, 2.05) is 18.2 Å². The lowest BCUT2D eigenvalue weighted by Crippen LogP contribution is -2.40. The van der Waals surface area contributed by atoms with Gasteiger partial charge in [-0.3, -0.25) is 4.79 Å². The second-order valence-electron chi connectivity index (χ2n) is 5.09. The minimum Gasteiger partial charge on any atom is -0.396 e. The van der Waals surface area contributed by atoms with Crippen molar-refractivity contribution in [2.24, 2.45) is 5.92 Å². The van der Waals surface area contributed by atoms with E-state index in [0.717, 1.165) is 24.9 Å². The maximum Gasteiger partial charge on any atom is 0.242 e. The second kappa shape index (κ2) is 6.57. The van der Waals surface area contributed by atoms with Gasteiger partial charge in [0.25, 0.3) is 0 Å². The first-order valence-corrected chi connectivity index (χ1v) is 6.97. The highest BCUT2D eigenvalue weighted by Crippen LogP contribution is 2.25. The van der Waals surface area contributed by atoms with Gasteiger partial charge in [-0.2, -0.15) is 0 Å². The highest BCUT2D eigenvalue weighted by atomic mass is 16.3. The molecule has 1 unspecified atom stereocenters. The van der Waals surface area contributed by atoms with Crippen LogP contribution in [0.2, 0.25) is 0 Å². The lowest BCUT2D eigenvalue weighted by atomic mass is 10.0. The summed E-state index contributed by atoms with van der Waals surface area (Å²) in [4.78, 5) is 12.1. The lowest BCUT2D eigenvalue weighted by molar-refractivity contribution is -0.121. The molecule has 0 fully saturated rings. The summed E-state index contributed by atoms with van der Waals surface area (Å²) in [7, 11) is 0. The quantitative estimate of drug-likeness (QED) is 0.729. The molecule has 4 nitrogen and oxygen atoms in total. The summed E-state index contributed by atoms with van der Waals surface area (Å²) in [5.74, 6) is 0.408. The van der Waals surface area contributed by atoms with Gasteiger partial charge in [0, 0.05) is 25.3 Å². The number of hydrogen-bond acceptors (Lipinski definition) is 3. The Morgan fingerprint density at radius 2 is 2.32 bits per heavy atom. The van der Waals surface area contributed by atoms with Crippen molar-refractivity contribution in [2.45, 2.75) is 32.2 Å². The molecule has 0 saturated carbocycles. The Morgan fingerprint density at radius 1 is 1.53 bits per heavy atom. The number of carbonyl (C=O) groups is 1. The van der Waals surface area contributed by atoms with Crippen molar-refractivity contribution in [2.75, 3.05) is 18.5 Å². The number of nitrogens with one attached hydrogen (secondary N) is 2. The van der Waals surface area contributed by atoms with Crippen molar-refractivity contribution in [1.29, 1.82) is 0 Å². The molecule has 3 N–H and O–H groups in total. The molecule has 1 amide bonds. The van der Waals surface area contributed by atoms with E-state index in [1.165, 1.54) is 5.56 Å². The Labute approximate surface area is 114 Å². The van der Waals surface area contributed by atoms with E-state index in [4.69, 9.17) is 5.11 Å². The first-order chi connectivity index (χ1) is 9.24. The summed E-state index contributed by atoms with van der Waals surface area (Å²) >= 11 is 0. The van der Waals surface area contributed by atoms with E-state index in [-0.39, 0.29) is 18.6 Å². The number of aliphatic hydroxyl groups excluding tert-OH is 1. The summed E-state index contributed by atoms with van der Waals surface area (Å²) in [6, 6.07) is 7.86. The number of para-hydroxylation sites is 1. The maximum atomic E-state index is 12.1. The first-order valence-electron chi connectivity index (χ1n) is 6.97. The third-order valence-corrected chi connectivity index (χ3v) is 3.77. The van der Waals surface area contributed by atoms with Crippen molar-refractivity contribution >= 4 is 11.6 Å². The molecule has 19 heavy (non-hydrogen) atoms. The fourth-order valence-corrected chi connectivity index (χ4v) is 2.46. The molecule has 1 aliphatic rings. The number of carbonyl (C=O) groups excluding carboxylic acids is 1. The molecule has 4 heteroatoms. The minimum atomic E-state index is -0.163. The summed E-state index contributed by atoms with van der Waals surface area (Å²) in [5.41, 5.74) is 2.26. The van der Waals surface area contributed by atoms with Gasteiger partial charge >= 0.3 is 0 Å². The third kappa shape index (κ3) is 3.47. The van der Waals surface area contributed by atoms with E-state index in [0.29, 0.717) is 12.5 Å². The molecule has 2 rings (SSSR count). The Kier molecular flexibility index (Phi) is 4.80. The fraction of sp³-hybridized carbons (Fsp3) is 0.533. The predicted molar refractivity (Wildman–Crippen MR) is 76.1 cm³/mol. The molecule has 0 radical (unpaired) electrons. The summed E-state index contributed by atoms with van der Waals surface area (Å²) < 4.78 is 0. The molecule has 0 aliphatic carbocycles. The van der Waals surface area contributed by atoms with Gasteiger partial charge in [0.15, 0.2) is 0 Å². The average molecular weight is 262 g/mol. The maximum absolute atomic E-state index is 12.1. The number of rotatable bonds is 6. The topological polar surface area (TPSA) is 61.4 Å². The monoisotopic (exact) mass is 262 g/mol. The van der Waals surface area contributed by atoms with Crippen LogP contribution >= 0.6 is 0 Å². The molecular weight excluding hydrogens is 240 g/mol. The van der Waals surface area contributed by atoms with Crippen molar-refractivity contribution in [1.82, 2.24) is 5.32 Å².